The van der Waals surface area contributed by atoms with E-state index in [1.165, 1.54) is 6.20 Å². The van der Waals surface area contributed by atoms with Crippen LogP contribution < -0.4 is 10.6 Å². The van der Waals surface area contributed by atoms with Gasteiger partial charge in [-0.3, -0.25) is 4.79 Å². The Kier molecular flexibility index (Phi) is 6.15. The third kappa shape index (κ3) is 5.06. The highest BCUT2D eigenvalue weighted by Gasteiger charge is 2.10. The molecule has 23 heavy (non-hydrogen) atoms. The molecule has 0 atom stereocenters. The van der Waals surface area contributed by atoms with E-state index in [2.05, 4.69) is 20.6 Å². The van der Waals surface area contributed by atoms with E-state index in [0.717, 1.165) is 6.54 Å². The molecule has 0 aliphatic carbocycles. The molecule has 1 heterocycles. The number of rotatable bonds is 6. The molecule has 1 amide bonds. The molecule has 0 radical (unpaired) electrons. The number of aromatic nitrogens is 2. The molecular weight excluding hydrogens is 337 g/mol. The van der Waals surface area contributed by atoms with E-state index in [-0.39, 0.29) is 17.5 Å². The molecule has 0 unspecified atom stereocenters. The van der Waals surface area contributed by atoms with Crippen LogP contribution in [-0.2, 0) is 0 Å². The van der Waals surface area contributed by atoms with Crippen LogP contribution >= 0.6 is 23.2 Å². The molecule has 122 valence electrons. The molecule has 0 aliphatic heterocycles. The minimum atomic E-state index is -0.255. The van der Waals surface area contributed by atoms with Crippen LogP contribution in [0.2, 0.25) is 10.0 Å². The summed E-state index contributed by atoms with van der Waals surface area (Å²) in [5.41, 5.74) is 0.851. The minimum absolute atomic E-state index is 0.255. The quantitative estimate of drug-likeness (QED) is 0.835. The van der Waals surface area contributed by atoms with Crippen molar-refractivity contribution in [2.24, 2.45) is 0 Å². The van der Waals surface area contributed by atoms with E-state index in [1.54, 1.807) is 24.3 Å². The maximum absolute atomic E-state index is 12.1. The summed E-state index contributed by atoms with van der Waals surface area (Å²) in [5.74, 6) is 0.0175. The number of hydrogen-bond donors (Lipinski definition) is 2. The highest BCUT2D eigenvalue weighted by atomic mass is 35.5. The molecule has 0 spiro atoms. The highest BCUT2D eigenvalue weighted by molar-refractivity contribution is 6.43. The molecule has 8 heteroatoms. The summed E-state index contributed by atoms with van der Waals surface area (Å²) in [5, 5.41) is 6.55. The number of anilines is 2. The second kappa shape index (κ2) is 8.10. The molecule has 2 rings (SSSR count). The SMILES string of the molecule is CN(C)CCNC(=O)c1ccnc(Nc2cccc(Cl)c2Cl)n1. The van der Waals surface area contributed by atoms with Crippen LogP contribution in [0.3, 0.4) is 0 Å². The van der Waals surface area contributed by atoms with Crippen molar-refractivity contribution in [3.63, 3.8) is 0 Å². The molecule has 2 aromatic rings. The molecule has 2 N–H and O–H groups in total. The first-order valence-corrected chi connectivity index (χ1v) is 7.70. The summed E-state index contributed by atoms with van der Waals surface area (Å²) >= 11 is 12.1. The van der Waals surface area contributed by atoms with E-state index in [0.29, 0.717) is 22.3 Å². The lowest BCUT2D eigenvalue weighted by Gasteiger charge is -2.11. The maximum Gasteiger partial charge on any atom is 0.270 e. The Morgan fingerprint density at radius 3 is 2.78 bits per heavy atom. The van der Waals surface area contributed by atoms with E-state index in [1.807, 2.05) is 19.0 Å². The second-order valence-electron chi connectivity index (χ2n) is 5.05. The van der Waals surface area contributed by atoms with Gasteiger partial charge in [-0.25, -0.2) is 9.97 Å². The Labute approximate surface area is 144 Å². The summed E-state index contributed by atoms with van der Waals surface area (Å²) in [6.07, 6.45) is 1.51. The van der Waals surface area contributed by atoms with Gasteiger partial charge in [-0.15, -0.1) is 0 Å². The fourth-order valence-corrected chi connectivity index (χ4v) is 2.10. The Hall–Kier alpha value is -1.89. The minimum Gasteiger partial charge on any atom is -0.349 e. The van der Waals surface area contributed by atoms with E-state index < -0.39 is 0 Å². The van der Waals surface area contributed by atoms with Gasteiger partial charge in [-0.05, 0) is 32.3 Å². The summed E-state index contributed by atoms with van der Waals surface area (Å²) in [6.45, 7) is 1.29. The number of carbonyl (C=O) groups excluding carboxylic acids is 1. The highest BCUT2D eigenvalue weighted by Crippen LogP contribution is 2.30. The molecule has 6 nitrogen and oxygen atoms in total. The van der Waals surface area contributed by atoms with Gasteiger partial charge in [-0.2, -0.15) is 0 Å². The van der Waals surface area contributed by atoms with Gasteiger partial charge in [0.25, 0.3) is 5.91 Å². The lowest BCUT2D eigenvalue weighted by molar-refractivity contribution is 0.0946. The fraction of sp³-hybridized carbons (Fsp3) is 0.267. The Morgan fingerprint density at radius 1 is 1.26 bits per heavy atom. The zero-order chi connectivity index (χ0) is 16.8. The number of nitrogens with one attached hydrogen (secondary N) is 2. The third-order valence-electron chi connectivity index (χ3n) is 2.93. The fourth-order valence-electron chi connectivity index (χ4n) is 1.75. The van der Waals surface area contributed by atoms with Gasteiger partial charge in [0.15, 0.2) is 0 Å². The summed E-state index contributed by atoms with van der Waals surface area (Å²) in [7, 11) is 3.88. The third-order valence-corrected chi connectivity index (χ3v) is 3.75. The molecule has 0 fully saturated rings. The van der Waals surface area contributed by atoms with Gasteiger partial charge < -0.3 is 15.5 Å². The van der Waals surface area contributed by atoms with Crippen LogP contribution in [0.15, 0.2) is 30.5 Å². The largest absolute Gasteiger partial charge is 0.349 e. The van der Waals surface area contributed by atoms with Crippen molar-refractivity contribution in [1.82, 2.24) is 20.2 Å². The van der Waals surface area contributed by atoms with Crippen molar-refractivity contribution in [2.45, 2.75) is 0 Å². The van der Waals surface area contributed by atoms with Crippen molar-refractivity contribution in [1.29, 1.82) is 0 Å². The molecule has 0 saturated heterocycles. The lowest BCUT2D eigenvalue weighted by Crippen LogP contribution is -2.31. The first-order chi connectivity index (χ1) is 11.0. The van der Waals surface area contributed by atoms with Crippen molar-refractivity contribution in [3.05, 3.63) is 46.2 Å². The zero-order valence-corrected chi connectivity index (χ0v) is 14.3. The monoisotopic (exact) mass is 353 g/mol. The molecule has 0 bridgehead atoms. The predicted octanol–water partition coefficient (Wildman–Crippen LogP) is 2.82. The van der Waals surface area contributed by atoms with E-state index in [4.69, 9.17) is 23.2 Å². The van der Waals surface area contributed by atoms with Crippen molar-refractivity contribution >= 4 is 40.7 Å². The molecule has 1 aromatic heterocycles. The molecule has 0 aliphatic rings. The van der Waals surface area contributed by atoms with E-state index in [9.17, 15) is 4.79 Å². The number of halogens is 2. The number of amides is 1. The van der Waals surface area contributed by atoms with Gasteiger partial charge in [0.05, 0.1) is 15.7 Å². The van der Waals surface area contributed by atoms with Crippen molar-refractivity contribution < 1.29 is 4.79 Å². The van der Waals surface area contributed by atoms with Gasteiger partial charge in [-0.1, -0.05) is 29.3 Å². The summed E-state index contributed by atoms with van der Waals surface area (Å²) < 4.78 is 0. The number of nitrogens with zero attached hydrogens (tertiary/aromatic N) is 3. The van der Waals surface area contributed by atoms with Crippen LogP contribution in [0, 0.1) is 0 Å². The number of benzene rings is 1. The second-order valence-corrected chi connectivity index (χ2v) is 5.84. The normalized spacial score (nSPS) is 10.7. The maximum atomic E-state index is 12.1. The average Bonchev–Trinajstić information content (AvgIpc) is 2.52. The van der Waals surface area contributed by atoms with Crippen molar-refractivity contribution in [3.8, 4) is 0 Å². The van der Waals surface area contributed by atoms with Gasteiger partial charge in [0, 0.05) is 19.3 Å². The first-order valence-electron chi connectivity index (χ1n) is 6.94. The Balaban J connectivity index is 2.07. The van der Waals surface area contributed by atoms with Crippen LogP contribution in [0.1, 0.15) is 10.5 Å². The smallest absolute Gasteiger partial charge is 0.270 e. The summed E-state index contributed by atoms with van der Waals surface area (Å²) in [4.78, 5) is 22.3. The lowest BCUT2D eigenvalue weighted by atomic mass is 10.3. The first kappa shape index (κ1) is 17.5. The van der Waals surface area contributed by atoms with E-state index >= 15 is 0 Å². The topological polar surface area (TPSA) is 70.2 Å². The molecular formula is C15H17Cl2N5O. The van der Waals surface area contributed by atoms with Crippen LogP contribution in [-0.4, -0.2) is 48.0 Å². The number of hydrogen-bond acceptors (Lipinski definition) is 5. The predicted molar refractivity (Wildman–Crippen MR) is 92.7 cm³/mol. The average molecular weight is 354 g/mol. The zero-order valence-electron chi connectivity index (χ0n) is 12.8. The van der Waals surface area contributed by atoms with Gasteiger partial charge >= 0.3 is 0 Å². The van der Waals surface area contributed by atoms with Gasteiger partial charge in [0.2, 0.25) is 5.95 Å². The standard InChI is InChI=1S/C15H17Cl2N5O/c1-22(2)9-8-18-14(23)12-6-7-19-15(21-12)20-11-5-3-4-10(16)13(11)17/h3-7H,8-9H2,1-2H3,(H,18,23)(H,19,20,21). The molecule has 1 aromatic carbocycles. The summed E-state index contributed by atoms with van der Waals surface area (Å²) in [6, 6.07) is 6.75. The van der Waals surface area contributed by atoms with Crippen molar-refractivity contribution in [2.75, 3.05) is 32.5 Å². The van der Waals surface area contributed by atoms with Crippen LogP contribution in [0.25, 0.3) is 0 Å². The van der Waals surface area contributed by atoms with Gasteiger partial charge in [0.1, 0.15) is 5.69 Å². The number of likely N-dealkylation sites (N-methyl/N-ethyl adjacent to an activating group) is 1. The van der Waals surface area contributed by atoms with Crippen LogP contribution in [0.4, 0.5) is 11.6 Å². The Bertz CT molecular complexity index is 693. The molecule has 0 saturated carbocycles. The van der Waals surface area contributed by atoms with Crippen LogP contribution in [0.5, 0.6) is 0 Å². The Morgan fingerprint density at radius 2 is 2.04 bits per heavy atom. The number of carbonyl (C=O) groups is 1.